The number of aliphatic carboxylic acids is 1. The summed E-state index contributed by atoms with van der Waals surface area (Å²) in [5.41, 5.74) is 0.344. The second-order valence-electron chi connectivity index (χ2n) is 3.51. The second-order valence-corrected chi connectivity index (χ2v) is 3.51. The number of hydrogen-bond donors (Lipinski definition) is 2. The first-order valence-electron chi connectivity index (χ1n) is 5.20. The highest BCUT2D eigenvalue weighted by atomic mass is 16.5. The lowest BCUT2D eigenvalue weighted by Gasteiger charge is -2.14. The third-order valence-electron chi connectivity index (χ3n) is 2.21. The first-order valence-corrected chi connectivity index (χ1v) is 5.20. The van der Waals surface area contributed by atoms with Crippen molar-refractivity contribution >= 4 is 17.8 Å². The molecule has 96 valence electrons. The molecular weight excluding hydrogens is 238 g/mol. The van der Waals surface area contributed by atoms with Crippen molar-refractivity contribution in [3.8, 4) is 0 Å². The maximum Gasteiger partial charge on any atom is 0.328 e. The van der Waals surface area contributed by atoms with Crippen molar-refractivity contribution in [1.82, 2.24) is 5.32 Å². The van der Waals surface area contributed by atoms with Crippen LogP contribution in [0.3, 0.4) is 0 Å². The van der Waals surface area contributed by atoms with Gasteiger partial charge in [-0.25, -0.2) is 4.79 Å². The molecule has 0 aliphatic heterocycles. The number of carbonyl (C=O) groups excluding carboxylic acids is 2. The van der Waals surface area contributed by atoms with Gasteiger partial charge in [0.05, 0.1) is 13.5 Å². The van der Waals surface area contributed by atoms with E-state index in [1.54, 1.807) is 30.3 Å². The predicted molar refractivity (Wildman–Crippen MR) is 62.0 cm³/mol. The summed E-state index contributed by atoms with van der Waals surface area (Å²) in [5.74, 6) is -2.51. The number of nitrogens with one attached hydrogen (secondary N) is 1. The number of ether oxygens (including phenoxy) is 1. The van der Waals surface area contributed by atoms with E-state index in [1.807, 2.05) is 0 Å². The fraction of sp³-hybridized carbons (Fsp3) is 0.250. The van der Waals surface area contributed by atoms with E-state index in [9.17, 15) is 14.4 Å². The Hall–Kier alpha value is -2.37. The number of carboxylic acids is 1. The average Bonchev–Trinajstić information content (AvgIpc) is 2.37. The van der Waals surface area contributed by atoms with E-state index >= 15 is 0 Å². The van der Waals surface area contributed by atoms with Crippen LogP contribution >= 0.6 is 0 Å². The van der Waals surface area contributed by atoms with Crippen molar-refractivity contribution in [3.63, 3.8) is 0 Å². The van der Waals surface area contributed by atoms with Gasteiger partial charge < -0.3 is 15.2 Å². The molecule has 0 fully saturated rings. The summed E-state index contributed by atoms with van der Waals surface area (Å²) in [5, 5.41) is 11.0. The van der Waals surface area contributed by atoms with Crippen LogP contribution in [0.1, 0.15) is 16.8 Å². The summed E-state index contributed by atoms with van der Waals surface area (Å²) in [6, 6.07) is 7.00. The highest BCUT2D eigenvalue weighted by Gasteiger charge is 2.24. The topological polar surface area (TPSA) is 92.7 Å². The number of esters is 1. The Balaban J connectivity index is 2.74. The quantitative estimate of drug-likeness (QED) is 0.740. The van der Waals surface area contributed by atoms with Gasteiger partial charge in [0.25, 0.3) is 5.91 Å². The lowest BCUT2D eigenvalue weighted by atomic mass is 10.1. The Labute approximate surface area is 104 Å². The molecule has 0 heterocycles. The van der Waals surface area contributed by atoms with Gasteiger partial charge in [-0.2, -0.15) is 0 Å². The molecule has 0 aromatic heterocycles. The molecule has 0 spiro atoms. The lowest BCUT2D eigenvalue weighted by Crippen LogP contribution is -2.42. The molecule has 1 rings (SSSR count). The van der Waals surface area contributed by atoms with Gasteiger partial charge in [0.2, 0.25) is 0 Å². The van der Waals surface area contributed by atoms with Crippen LogP contribution < -0.4 is 5.32 Å². The molecule has 18 heavy (non-hydrogen) atoms. The van der Waals surface area contributed by atoms with E-state index in [4.69, 9.17) is 5.11 Å². The number of carbonyl (C=O) groups is 3. The summed E-state index contributed by atoms with van der Waals surface area (Å²) in [4.78, 5) is 33.6. The molecule has 0 saturated heterocycles. The Morgan fingerprint density at radius 2 is 1.89 bits per heavy atom. The summed E-state index contributed by atoms with van der Waals surface area (Å²) in [7, 11) is 1.13. The second kappa shape index (κ2) is 6.39. The third-order valence-corrected chi connectivity index (χ3v) is 2.21. The van der Waals surface area contributed by atoms with Crippen LogP contribution in [0.5, 0.6) is 0 Å². The molecule has 0 aliphatic carbocycles. The molecule has 0 radical (unpaired) electrons. The summed E-state index contributed by atoms with van der Waals surface area (Å²) >= 11 is 0. The molecule has 0 saturated carbocycles. The van der Waals surface area contributed by atoms with Gasteiger partial charge in [-0.05, 0) is 12.1 Å². The number of amides is 1. The van der Waals surface area contributed by atoms with Gasteiger partial charge in [-0.1, -0.05) is 18.2 Å². The van der Waals surface area contributed by atoms with Crippen LogP contribution in [0.2, 0.25) is 0 Å². The molecular formula is C12H13NO5. The molecule has 0 bridgehead atoms. The molecule has 0 unspecified atom stereocenters. The molecule has 6 heteroatoms. The van der Waals surface area contributed by atoms with Crippen LogP contribution in [-0.2, 0) is 14.3 Å². The molecule has 0 aliphatic rings. The van der Waals surface area contributed by atoms with Gasteiger partial charge in [0.1, 0.15) is 6.04 Å². The minimum absolute atomic E-state index is 0.344. The van der Waals surface area contributed by atoms with Gasteiger partial charge in [-0.15, -0.1) is 0 Å². The number of carboxylic acid groups (broad SMARTS) is 1. The van der Waals surface area contributed by atoms with Gasteiger partial charge >= 0.3 is 11.9 Å². The zero-order valence-corrected chi connectivity index (χ0v) is 9.75. The molecule has 1 aromatic rings. The molecule has 1 amide bonds. The maximum atomic E-state index is 11.7. The maximum absolute atomic E-state index is 11.7. The Kier molecular flexibility index (Phi) is 4.86. The van der Waals surface area contributed by atoms with Crippen LogP contribution in [0.4, 0.5) is 0 Å². The predicted octanol–water partition coefficient (Wildman–Crippen LogP) is 0.433. The SMILES string of the molecule is COC(=O)[C@@H](CC(=O)O)NC(=O)c1ccccc1. The van der Waals surface area contributed by atoms with E-state index in [0.717, 1.165) is 7.11 Å². The number of hydrogen-bond acceptors (Lipinski definition) is 4. The Bertz CT molecular complexity index is 443. The van der Waals surface area contributed by atoms with E-state index in [2.05, 4.69) is 10.1 Å². The number of methoxy groups -OCH3 is 1. The fourth-order valence-corrected chi connectivity index (χ4v) is 1.34. The van der Waals surface area contributed by atoms with Gasteiger partial charge in [0, 0.05) is 5.56 Å². The van der Waals surface area contributed by atoms with Crippen molar-refractivity contribution in [2.75, 3.05) is 7.11 Å². The van der Waals surface area contributed by atoms with Crippen LogP contribution in [0, 0.1) is 0 Å². The van der Waals surface area contributed by atoms with Crippen LogP contribution in [0.15, 0.2) is 30.3 Å². The molecule has 2 N–H and O–H groups in total. The smallest absolute Gasteiger partial charge is 0.328 e. The van der Waals surface area contributed by atoms with E-state index < -0.39 is 30.3 Å². The minimum Gasteiger partial charge on any atom is -0.481 e. The zero-order chi connectivity index (χ0) is 13.5. The van der Waals surface area contributed by atoms with Crippen molar-refractivity contribution in [3.05, 3.63) is 35.9 Å². The third kappa shape index (κ3) is 3.89. The van der Waals surface area contributed by atoms with E-state index in [-0.39, 0.29) is 0 Å². The van der Waals surface area contributed by atoms with Crippen molar-refractivity contribution in [2.45, 2.75) is 12.5 Å². The summed E-state index contributed by atoms with van der Waals surface area (Å²) < 4.78 is 4.43. The van der Waals surface area contributed by atoms with Crippen LogP contribution in [-0.4, -0.2) is 36.1 Å². The first-order chi connectivity index (χ1) is 8.54. The van der Waals surface area contributed by atoms with Crippen molar-refractivity contribution < 1.29 is 24.2 Å². The van der Waals surface area contributed by atoms with Crippen molar-refractivity contribution in [1.29, 1.82) is 0 Å². The Morgan fingerprint density at radius 1 is 1.28 bits per heavy atom. The van der Waals surface area contributed by atoms with Crippen LogP contribution in [0.25, 0.3) is 0 Å². The van der Waals surface area contributed by atoms with E-state index in [1.165, 1.54) is 0 Å². The highest BCUT2D eigenvalue weighted by Crippen LogP contribution is 2.02. The average molecular weight is 251 g/mol. The summed E-state index contributed by atoms with van der Waals surface area (Å²) in [6.07, 6.45) is -0.523. The minimum atomic E-state index is -1.20. The number of rotatable bonds is 5. The molecule has 1 aromatic carbocycles. The zero-order valence-electron chi connectivity index (χ0n) is 9.75. The Morgan fingerprint density at radius 3 is 2.39 bits per heavy atom. The monoisotopic (exact) mass is 251 g/mol. The normalized spacial score (nSPS) is 11.4. The van der Waals surface area contributed by atoms with Gasteiger partial charge in [-0.3, -0.25) is 9.59 Å². The standard InChI is InChI=1S/C12H13NO5/c1-18-12(17)9(7-10(14)15)13-11(16)8-5-3-2-4-6-8/h2-6,9H,7H2,1H3,(H,13,16)(H,14,15)/t9-/m1/s1. The summed E-state index contributed by atoms with van der Waals surface area (Å²) in [6.45, 7) is 0. The van der Waals surface area contributed by atoms with Crippen molar-refractivity contribution in [2.24, 2.45) is 0 Å². The van der Waals surface area contributed by atoms with Gasteiger partial charge in [0.15, 0.2) is 0 Å². The fourth-order valence-electron chi connectivity index (χ4n) is 1.34. The number of benzene rings is 1. The molecule has 6 nitrogen and oxygen atoms in total. The van der Waals surface area contributed by atoms with E-state index in [0.29, 0.717) is 5.56 Å². The lowest BCUT2D eigenvalue weighted by molar-refractivity contribution is -0.147. The highest BCUT2D eigenvalue weighted by molar-refractivity contribution is 5.97. The largest absolute Gasteiger partial charge is 0.481 e. The molecule has 1 atom stereocenters. The first kappa shape index (κ1) is 13.7.